The number of nitriles is 1. The van der Waals surface area contributed by atoms with Gasteiger partial charge in [-0.25, -0.2) is 10.4 Å². The van der Waals surface area contributed by atoms with E-state index in [1.807, 2.05) is 19.9 Å². The Labute approximate surface area is 176 Å². The van der Waals surface area contributed by atoms with Crippen LogP contribution in [0.25, 0.3) is 11.3 Å². The maximum Gasteiger partial charge on any atom is 0.311 e. The van der Waals surface area contributed by atoms with Gasteiger partial charge >= 0.3 is 5.69 Å². The summed E-state index contributed by atoms with van der Waals surface area (Å²) in [6, 6.07) is 13.5. The fourth-order valence-corrected chi connectivity index (χ4v) is 2.83. The third-order valence-electron chi connectivity index (χ3n) is 4.46. The van der Waals surface area contributed by atoms with Crippen molar-refractivity contribution in [2.45, 2.75) is 19.8 Å². The van der Waals surface area contributed by atoms with E-state index >= 15 is 0 Å². The molecule has 0 unspecified atom stereocenters. The molecular formula is C21H18N6O4. The summed E-state index contributed by atoms with van der Waals surface area (Å²) in [6.07, 6.45) is 1.19. The van der Waals surface area contributed by atoms with Crippen LogP contribution in [0.1, 0.15) is 36.5 Å². The van der Waals surface area contributed by atoms with Crippen LogP contribution in [0.4, 0.5) is 11.6 Å². The molecule has 31 heavy (non-hydrogen) atoms. The van der Waals surface area contributed by atoms with E-state index in [2.05, 4.69) is 20.5 Å². The molecule has 1 aromatic heterocycles. The molecule has 156 valence electrons. The lowest BCUT2D eigenvalue weighted by Gasteiger charge is -2.09. The van der Waals surface area contributed by atoms with Gasteiger partial charge in [-0.05, 0) is 17.5 Å². The smallest absolute Gasteiger partial charge is 0.311 e. The van der Waals surface area contributed by atoms with E-state index < -0.39 is 21.9 Å². The van der Waals surface area contributed by atoms with Crippen LogP contribution in [-0.4, -0.2) is 26.2 Å². The summed E-state index contributed by atoms with van der Waals surface area (Å²) in [5.74, 6) is -0.566. The SMILES string of the molecule is CC(C)c1cc(C=NNc2nc(-c3ccccc3)c(C#N)c(=O)[nH]2)c(O)c([N+](=O)[O-])c1. The quantitative estimate of drug-likeness (QED) is 0.314. The highest BCUT2D eigenvalue weighted by Gasteiger charge is 2.19. The van der Waals surface area contributed by atoms with Crippen LogP contribution in [-0.2, 0) is 0 Å². The first-order chi connectivity index (χ1) is 14.8. The van der Waals surface area contributed by atoms with E-state index in [1.54, 1.807) is 36.4 Å². The summed E-state index contributed by atoms with van der Waals surface area (Å²) >= 11 is 0. The van der Waals surface area contributed by atoms with E-state index in [-0.39, 0.29) is 28.7 Å². The molecule has 0 spiro atoms. The van der Waals surface area contributed by atoms with Gasteiger partial charge in [-0.15, -0.1) is 0 Å². The first-order valence-corrected chi connectivity index (χ1v) is 9.22. The summed E-state index contributed by atoms with van der Waals surface area (Å²) in [5, 5.41) is 34.7. The van der Waals surface area contributed by atoms with Gasteiger partial charge < -0.3 is 5.11 Å². The van der Waals surface area contributed by atoms with Crippen LogP contribution in [0.5, 0.6) is 5.75 Å². The van der Waals surface area contributed by atoms with E-state index in [0.29, 0.717) is 11.1 Å². The number of rotatable bonds is 6. The van der Waals surface area contributed by atoms with Gasteiger partial charge in [0.15, 0.2) is 0 Å². The second kappa shape index (κ2) is 8.87. The molecule has 10 heteroatoms. The van der Waals surface area contributed by atoms with Crippen molar-refractivity contribution in [1.29, 1.82) is 5.26 Å². The van der Waals surface area contributed by atoms with Gasteiger partial charge in [0, 0.05) is 17.2 Å². The second-order valence-electron chi connectivity index (χ2n) is 6.88. The predicted octanol–water partition coefficient (Wildman–Crippen LogP) is 3.49. The zero-order chi connectivity index (χ0) is 22.5. The number of phenolic OH excluding ortho intramolecular Hbond substituents is 1. The first-order valence-electron chi connectivity index (χ1n) is 9.22. The maximum absolute atomic E-state index is 12.3. The lowest BCUT2D eigenvalue weighted by atomic mass is 9.99. The third-order valence-corrected chi connectivity index (χ3v) is 4.46. The lowest BCUT2D eigenvalue weighted by molar-refractivity contribution is -0.385. The number of nitrogens with zero attached hydrogens (tertiary/aromatic N) is 4. The highest BCUT2D eigenvalue weighted by Crippen LogP contribution is 2.33. The molecule has 3 N–H and O–H groups in total. The Morgan fingerprint density at radius 1 is 1.32 bits per heavy atom. The molecule has 0 aliphatic rings. The lowest BCUT2D eigenvalue weighted by Crippen LogP contribution is -2.16. The van der Waals surface area contributed by atoms with Crippen molar-refractivity contribution in [2.75, 3.05) is 5.43 Å². The minimum atomic E-state index is -0.669. The Kier molecular flexibility index (Phi) is 6.07. The number of hydrazone groups is 1. The molecule has 0 atom stereocenters. The number of aromatic amines is 1. The third kappa shape index (κ3) is 4.56. The molecule has 0 amide bonds. The number of nitro groups is 1. The molecule has 0 saturated carbocycles. The van der Waals surface area contributed by atoms with Crippen LogP contribution in [0.2, 0.25) is 0 Å². The first kappa shape index (κ1) is 21.2. The van der Waals surface area contributed by atoms with Crippen molar-refractivity contribution in [3.63, 3.8) is 0 Å². The summed E-state index contributed by atoms with van der Waals surface area (Å²) in [4.78, 5) is 29.5. The highest BCUT2D eigenvalue weighted by molar-refractivity contribution is 5.86. The monoisotopic (exact) mass is 418 g/mol. The van der Waals surface area contributed by atoms with E-state index in [4.69, 9.17) is 0 Å². The highest BCUT2D eigenvalue weighted by atomic mass is 16.6. The zero-order valence-corrected chi connectivity index (χ0v) is 16.7. The number of H-pyrrole nitrogens is 1. The fourth-order valence-electron chi connectivity index (χ4n) is 2.83. The molecule has 1 heterocycles. The molecule has 3 rings (SSSR count). The zero-order valence-electron chi connectivity index (χ0n) is 16.7. The number of anilines is 1. The summed E-state index contributed by atoms with van der Waals surface area (Å²) in [7, 11) is 0. The normalized spacial score (nSPS) is 10.9. The molecule has 0 aliphatic carbocycles. The van der Waals surface area contributed by atoms with Crippen LogP contribution in [0.3, 0.4) is 0 Å². The molecule has 10 nitrogen and oxygen atoms in total. The topological polar surface area (TPSA) is 157 Å². The number of aromatic hydroxyl groups is 1. The number of phenols is 1. The number of hydrogen-bond acceptors (Lipinski definition) is 8. The Hall–Kier alpha value is -4.52. The number of nitro benzene ring substituents is 1. The van der Waals surface area contributed by atoms with Crippen LogP contribution in [0.15, 0.2) is 52.4 Å². The number of hydrogen-bond donors (Lipinski definition) is 3. The Morgan fingerprint density at radius 3 is 2.65 bits per heavy atom. The average Bonchev–Trinajstić information content (AvgIpc) is 2.74. The number of benzene rings is 2. The van der Waals surface area contributed by atoms with Gasteiger partial charge in [0.2, 0.25) is 11.7 Å². The molecule has 0 fully saturated rings. The summed E-state index contributed by atoms with van der Waals surface area (Å²) in [5.41, 5.74) is 2.87. The minimum absolute atomic E-state index is 0.00983. The van der Waals surface area contributed by atoms with E-state index in [9.17, 15) is 25.3 Å². The van der Waals surface area contributed by atoms with Gasteiger partial charge in [0.1, 0.15) is 11.6 Å². The van der Waals surface area contributed by atoms with Gasteiger partial charge in [0.25, 0.3) is 5.56 Å². The van der Waals surface area contributed by atoms with Gasteiger partial charge in [0.05, 0.1) is 16.8 Å². The van der Waals surface area contributed by atoms with Crippen LogP contribution in [0, 0.1) is 21.4 Å². The van der Waals surface area contributed by atoms with Crippen LogP contribution < -0.4 is 11.0 Å². The Bertz CT molecular complexity index is 1260. The van der Waals surface area contributed by atoms with Gasteiger partial charge in [-0.1, -0.05) is 44.2 Å². The summed E-state index contributed by atoms with van der Waals surface area (Å²) < 4.78 is 0. The van der Waals surface area contributed by atoms with Crippen LogP contribution >= 0.6 is 0 Å². The fraction of sp³-hybridized carbons (Fsp3) is 0.143. The molecule has 0 saturated heterocycles. The molecule has 3 aromatic rings. The standard InChI is InChI=1S/C21H18N6O4/c1-12(2)14-8-15(19(28)17(9-14)27(30)31)11-23-26-21-24-18(13-6-4-3-5-7-13)16(10-22)20(29)25-21/h3-9,11-12,28H,1-2H3,(H2,24,25,26,29). The molecule has 2 aromatic carbocycles. The van der Waals surface area contributed by atoms with Crippen molar-refractivity contribution in [1.82, 2.24) is 9.97 Å². The van der Waals surface area contributed by atoms with Crippen molar-refractivity contribution >= 4 is 17.9 Å². The molecule has 0 bridgehead atoms. The minimum Gasteiger partial charge on any atom is -0.502 e. The van der Waals surface area contributed by atoms with E-state index in [1.165, 1.54) is 12.3 Å². The van der Waals surface area contributed by atoms with E-state index in [0.717, 1.165) is 0 Å². The van der Waals surface area contributed by atoms with Gasteiger partial charge in [-0.2, -0.15) is 10.4 Å². The van der Waals surface area contributed by atoms with Crippen molar-refractivity contribution < 1.29 is 10.0 Å². The van der Waals surface area contributed by atoms with Crippen molar-refractivity contribution in [3.8, 4) is 23.1 Å². The Balaban J connectivity index is 1.97. The van der Waals surface area contributed by atoms with Crippen molar-refractivity contribution in [2.24, 2.45) is 5.10 Å². The summed E-state index contributed by atoms with van der Waals surface area (Å²) in [6.45, 7) is 3.73. The molecule has 0 aliphatic heterocycles. The maximum atomic E-state index is 12.3. The average molecular weight is 418 g/mol. The predicted molar refractivity (Wildman–Crippen MR) is 115 cm³/mol. The largest absolute Gasteiger partial charge is 0.502 e. The molecule has 0 radical (unpaired) electrons. The Morgan fingerprint density at radius 2 is 2.03 bits per heavy atom. The number of nitrogens with one attached hydrogen (secondary N) is 2. The van der Waals surface area contributed by atoms with Gasteiger partial charge in [-0.3, -0.25) is 19.9 Å². The van der Waals surface area contributed by atoms with Crippen molar-refractivity contribution in [3.05, 3.63) is 79.6 Å². The number of aromatic nitrogens is 2. The second-order valence-corrected chi connectivity index (χ2v) is 6.88. The molecular weight excluding hydrogens is 400 g/mol.